The van der Waals surface area contributed by atoms with Crippen LogP contribution in [0, 0.1) is 0 Å². The van der Waals surface area contributed by atoms with Crippen LogP contribution < -0.4 is 10.5 Å². The van der Waals surface area contributed by atoms with Crippen LogP contribution in [0.4, 0.5) is 0 Å². The third kappa shape index (κ3) is 3.46. The minimum absolute atomic E-state index is 0.215. The number of benzene rings is 2. The van der Waals surface area contributed by atoms with Crippen molar-refractivity contribution in [1.82, 2.24) is 0 Å². The lowest BCUT2D eigenvalue weighted by Crippen LogP contribution is -2.12. The van der Waals surface area contributed by atoms with Gasteiger partial charge in [0.05, 0.1) is 12.7 Å². The summed E-state index contributed by atoms with van der Waals surface area (Å²) in [5, 5.41) is 2.03. The summed E-state index contributed by atoms with van der Waals surface area (Å²) in [6.07, 6.45) is 0.215. The molecule has 4 heteroatoms. The maximum absolute atomic E-state index is 5.80. The molecule has 0 aliphatic heterocycles. The van der Waals surface area contributed by atoms with Gasteiger partial charge in [-0.25, -0.2) is 0 Å². The molecule has 0 bridgehead atoms. The van der Waals surface area contributed by atoms with E-state index in [2.05, 4.69) is 0 Å². The molecule has 3 nitrogen and oxygen atoms in total. The number of fused-ring (bicyclic) bond motifs is 1. The molecule has 0 aromatic heterocycles. The SMILES string of the molecule is CC(C)OCCOc1ccc(C(N)=S)c2ccccc12. The fraction of sp³-hybridized carbons (Fsp3) is 0.312. The monoisotopic (exact) mass is 289 g/mol. The van der Waals surface area contributed by atoms with Crippen molar-refractivity contribution in [1.29, 1.82) is 0 Å². The smallest absolute Gasteiger partial charge is 0.127 e. The summed E-state index contributed by atoms with van der Waals surface area (Å²) < 4.78 is 11.3. The first-order valence-corrected chi connectivity index (χ1v) is 7.06. The summed E-state index contributed by atoms with van der Waals surface area (Å²) in [7, 11) is 0. The summed E-state index contributed by atoms with van der Waals surface area (Å²) in [4.78, 5) is 0.399. The fourth-order valence-electron chi connectivity index (χ4n) is 2.05. The molecule has 0 fully saturated rings. The molecule has 0 atom stereocenters. The molecule has 0 aliphatic carbocycles. The zero-order valence-electron chi connectivity index (χ0n) is 11.8. The molecule has 0 heterocycles. The Bertz CT molecular complexity index is 610. The summed E-state index contributed by atoms with van der Waals surface area (Å²) in [5.74, 6) is 0.827. The van der Waals surface area contributed by atoms with Crippen LogP contribution in [-0.2, 0) is 4.74 Å². The summed E-state index contributed by atoms with van der Waals surface area (Å²) in [6.45, 7) is 5.11. The number of hydrogen-bond acceptors (Lipinski definition) is 3. The van der Waals surface area contributed by atoms with Crippen molar-refractivity contribution in [3.05, 3.63) is 42.0 Å². The van der Waals surface area contributed by atoms with Crippen molar-refractivity contribution < 1.29 is 9.47 Å². The predicted molar refractivity (Wildman–Crippen MR) is 86.4 cm³/mol. The van der Waals surface area contributed by atoms with Gasteiger partial charge in [-0.2, -0.15) is 0 Å². The minimum atomic E-state index is 0.215. The normalized spacial score (nSPS) is 10.9. The van der Waals surface area contributed by atoms with Crippen LogP contribution in [0.3, 0.4) is 0 Å². The Labute approximate surface area is 124 Å². The largest absolute Gasteiger partial charge is 0.491 e. The van der Waals surface area contributed by atoms with Crippen molar-refractivity contribution >= 4 is 28.0 Å². The van der Waals surface area contributed by atoms with E-state index in [0.717, 1.165) is 22.1 Å². The fourth-order valence-corrected chi connectivity index (χ4v) is 2.23. The zero-order valence-corrected chi connectivity index (χ0v) is 12.6. The minimum Gasteiger partial charge on any atom is -0.491 e. The van der Waals surface area contributed by atoms with Crippen LogP contribution in [0.25, 0.3) is 10.8 Å². The molecule has 2 N–H and O–H groups in total. The Balaban J connectivity index is 2.22. The first-order chi connectivity index (χ1) is 9.59. The molecule has 2 rings (SSSR count). The van der Waals surface area contributed by atoms with Gasteiger partial charge in [-0.3, -0.25) is 0 Å². The highest BCUT2D eigenvalue weighted by Crippen LogP contribution is 2.28. The van der Waals surface area contributed by atoms with E-state index in [9.17, 15) is 0 Å². The Morgan fingerprint density at radius 3 is 2.45 bits per heavy atom. The van der Waals surface area contributed by atoms with E-state index >= 15 is 0 Å². The average Bonchev–Trinajstić information content (AvgIpc) is 2.43. The highest BCUT2D eigenvalue weighted by molar-refractivity contribution is 7.80. The van der Waals surface area contributed by atoms with Gasteiger partial charge >= 0.3 is 0 Å². The van der Waals surface area contributed by atoms with E-state index < -0.39 is 0 Å². The van der Waals surface area contributed by atoms with Gasteiger partial charge < -0.3 is 15.2 Å². The molecule has 0 aliphatic rings. The predicted octanol–water partition coefficient (Wildman–Crippen LogP) is 3.28. The highest BCUT2D eigenvalue weighted by Gasteiger charge is 2.08. The number of rotatable bonds is 6. The number of thiocarbonyl (C=S) groups is 1. The topological polar surface area (TPSA) is 44.5 Å². The molecule has 20 heavy (non-hydrogen) atoms. The van der Waals surface area contributed by atoms with E-state index in [1.807, 2.05) is 50.2 Å². The van der Waals surface area contributed by atoms with Crippen molar-refractivity contribution in [3.63, 3.8) is 0 Å². The van der Waals surface area contributed by atoms with Gasteiger partial charge in [-0.15, -0.1) is 0 Å². The van der Waals surface area contributed by atoms with Gasteiger partial charge in [0.1, 0.15) is 17.3 Å². The Kier molecular flexibility index (Phi) is 4.93. The van der Waals surface area contributed by atoms with Gasteiger partial charge in [-0.1, -0.05) is 36.5 Å². The molecular formula is C16H19NO2S. The van der Waals surface area contributed by atoms with E-state index in [-0.39, 0.29) is 6.10 Å². The van der Waals surface area contributed by atoms with Gasteiger partial charge in [0.15, 0.2) is 0 Å². The van der Waals surface area contributed by atoms with E-state index in [4.69, 9.17) is 27.4 Å². The van der Waals surface area contributed by atoms with Crippen molar-refractivity contribution in [2.24, 2.45) is 5.73 Å². The van der Waals surface area contributed by atoms with E-state index in [0.29, 0.717) is 18.2 Å². The second kappa shape index (κ2) is 6.68. The summed E-state index contributed by atoms with van der Waals surface area (Å²) in [5.41, 5.74) is 6.63. The average molecular weight is 289 g/mol. The van der Waals surface area contributed by atoms with E-state index in [1.54, 1.807) is 0 Å². The van der Waals surface area contributed by atoms with Crippen LogP contribution in [-0.4, -0.2) is 24.3 Å². The Morgan fingerprint density at radius 2 is 1.80 bits per heavy atom. The molecule has 0 spiro atoms. The first-order valence-electron chi connectivity index (χ1n) is 6.65. The van der Waals surface area contributed by atoms with E-state index in [1.165, 1.54) is 0 Å². The van der Waals surface area contributed by atoms with Crippen molar-refractivity contribution in [2.45, 2.75) is 20.0 Å². The van der Waals surface area contributed by atoms with Gasteiger partial charge in [0, 0.05) is 10.9 Å². The summed E-state index contributed by atoms with van der Waals surface area (Å²) >= 11 is 5.08. The second-order valence-corrected chi connectivity index (χ2v) is 5.23. The quantitative estimate of drug-likeness (QED) is 0.655. The molecular weight excluding hydrogens is 270 g/mol. The van der Waals surface area contributed by atoms with Crippen LogP contribution in [0.2, 0.25) is 0 Å². The maximum atomic E-state index is 5.80. The third-order valence-electron chi connectivity index (χ3n) is 2.94. The lowest BCUT2D eigenvalue weighted by Gasteiger charge is -2.13. The number of nitrogens with two attached hydrogens (primary N) is 1. The number of ether oxygens (including phenoxy) is 2. The third-order valence-corrected chi connectivity index (χ3v) is 3.16. The Morgan fingerprint density at radius 1 is 1.10 bits per heavy atom. The lowest BCUT2D eigenvalue weighted by molar-refractivity contribution is 0.0556. The lowest BCUT2D eigenvalue weighted by atomic mass is 10.0. The van der Waals surface area contributed by atoms with Gasteiger partial charge in [-0.05, 0) is 31.4 Å². The van der Waals surface area contributed by atoms with Gasteiger partial charge in [0.25, 0.3) is 0 Å². The van der Waals surface area contributed by atoms with Crippen LogP contribution >= 0.6 is 12.2 Å². The molecule has 2 aromatic carbocycles. The molecule has 106 valence electrons. The molecule has 0 saturated carbocycles. The van der Waals surface area contributed by atoms with Crippen LogP contribution in [0.1, 0.15) is 19.4 Å². The highest BCUT2D eigenvalue weighted by atomic mass is 32.1. The summed E-state index contributed by atoms with van der Waals surface area (Å²) in [6, 6.07) is 11.8. The Hall–Kier alpha value is -1.65. The molecule has 2 aromatic rings. The second-order valence-electron chi connectivity index (χ2n) is 4.79. The molecule has 0 amide bonds. The molecule has 0 saturated heterocycles. The molecule has 0 unspecified atom stereocenters. The first kappa shape index (κ1) is 14.8. The molecule has 0 radical (unpaired) electrons. The standard InChI is InChI=1S/C16H19NO2S/c1-11(2)18-9-10-19-15-8-7-14(16(17)20)12-5-3-4-6-13(12)15/h3-8,11H,9-10H2,1-2H3,(H2,17,20). The van der Waals surface area contributed by atoms with Gasteiger partial charge in [0.2, 0.25) is 0 Å². The zero-order chi connectivity index (χ0) is 14.5. The number of hydrogen-bond donors (Lipinski definition) is 1. The maximum Gasteiger partial charge on any atom is 0.127 e. The van der Waals surface area contributed by atoms with Crippen LogP contribution in [0.5, 0.6) is 5.75 Å². The van der Waals surface area contributed by atoms with Crippen LogP contribution in [0.15, 0.2) is 36.4 Å². The van der Waals surface area contributed by atoms with Crippen molar-refractivity contribution in [2.75, 3.05) is 13.2 Å². The van der Waals surface area contributed by atoms with Crippen molar-refractivity contribution in [3.8, 4) is 5.75 Å².